The number of nitrogens with zero attached hydrogens (tertiary/aromatic N) is 1. The molecule has 0 unspecified atom stereocenters. The Kier molecular flexibility index (Phi) is 3.61. The number of benzene rings is 1. The van der Waals surface area contributed by atoms with E-state index in [9.17, 15) is 0 Å². The Morgan fingerprint density at radius 2 is 2.06 bits per heavy atom. The topological polar surface area (TPSA) is 12.9 Å². The zero-order valence-corrected chi connectivity index (χ0v) is 11.3. The molecule has 0 aliphatic heterocycles. The van der Waals surface area contributed by atoms with Gasteiger partial charge in [-0.2, -0.15) is 0 Å². The fourth-order valence-corrected chi connectivity index (χ4v) is 2.15. The second-order valence-corrected chi connectivity index (χ2v) is 4.67. The number of hydrogen-bond acceptors (Lipinski definition) is 1. The van der Waals surface area contributed by atoms with Crippen molar-refractivity contribution in [2.75, 3.05) is 0 Å². The summed E-state index contributed by atoms with van der Waals surface area (Å²) < 4.78 is 0. The molecule has 92 valence electrons. The molecule has 0 aliphatic rings. The summed E-state index contributed by atoms with van der Waals surface area (Å²) >= 11 is 0. The van der Waals surface area contributed by atoms with Gasteiger partial charge >= 0.3 is 0 Å². The molecule has 1 aromatic heterocycles. The molecule has 1 aromatic carbocycles. The van der Waals surface area contributed by atoms with E-state index < -0.39 is 0 Å². The molecule has 18 heavy (non-hydrogen) atoms. The van der Waals surface area contributed by atoms with Crippen LogP contribution in [0.3, 0.4) is 0 Å². The number of aryl methyl sites for hydroxylation is 2. The van der Waals surface area contributed by atoms with Gasteiger partial charge in [-0.25, -0.2) is 0 Å². The van der Waals surface area contributed by atoms with Crippen molar-refractivity contribution in [2.24, 2.45) is 0 Å². The van der Waals surface area contributed by atoms with Crippen molar-refractivity contribution >= 4 is 5.57 Å². The molecule has 1 heteroatoms. The molecule has 0 saturated carbocycles. The molecule has 2 aromatic rings. The Bertz CT molecular complexity index is 582. The van der Waals surface area contributed by atoms with Crippen LogP contribution in [-0.4, -0.2) is 4.98 Å². The molecule has 0 saturated heterocycles. The van der Waals surface area contributed by atoms with E-state index in [2.05, 4.69) is 49.7 Å². The van der Waals surface area contributed by atoms with Crippen LogP contribution >= 0.6 is 0 Å². The highest BCUT2D eigenvalue weighted by Crippen LogP contribution is 2.27. The molecule has 0 atom stereocenters. The SMILES string of the molecule is C=C(C)c1ccc(-c2ncccc2C)c(CC)c1. The lowest BCUT2D eigenvalue weighted by Crippen LogP contribution is -1.94. The number of allylic oxidation sites excluding steroid dienone is 1. The highest BCUT2D eigenvalue weighted by Gasteiger charge is 2.08. The molecule has 1 heterocycles. The molecule has 0 fully saturated rings. The average molecular weight is 237 g/mol. The second-order valence-electron chi connectivity index (χ2n) is 4.67. The second kappa shape index (κ2) is 5.18. The van der Waals surface area contributed by atoms with Crippen LogP contribution in [0.25, 0.3) is 16.8 Å². The third-order valence-corrected chi connectivity index (χ3v) is 3.24. The number of hydrogen-bond donors (Lipinski definition) is 0. The fraction of sp³-hybridized carbons (Fsp3) is 0.235. The van der Waals surface area contributed by atoms with Gasteiger partial charge in [-0.1, -0.05) is 43.3 Å². The van der Waals surface area contributed by atoms with E-state index >= 15 is 0 Å². The average Bonchev–Trinajstić information content (AvgIpc) is 2.38. The van der Waals surface area contributed by atoms with Crippen molar-refractivity contribution in [3.05, 3.63) is 59.8 Å². The first-order valence-electron chi connectivity index (χ1n) is 6.34. The highest BCUT2D eigenvalue weighted by atomic mass is 14.7. The lowest BCUT2D eigenvalue weighted by atomic mass is 9.95. The zero-order chi connectivity index (χ0) is 13.1. The Hall–Kier alpha value is -1.89. The van der Waals surface area contributed by atoms with Crippen molar-refractivity contribution in [3.8, 4) is 11.3 Å². The molecule has 0 N–H and O–H groups in total. The normalized spacial score (nSPS) is 10.4. The highest BCUT2D eigenvalue weighted by molar-refractivity contribution is 5.71. The van der Waals surface area contributed by atoms with Gasteiger partial charge in [0.15, 0.2) is 0 Å². The van der Waals surface area contributed by atoms with Gasteiger partial charge in [-0.05, 0) is 43.0 Å². The lowest BCUT2D eigenvalue weighted by molar-refractivity contribution is 1.13. The minimum Gasteiger partial charge on any atom is -0.256 e. The summed E-state index contributed by atoms with van der Waals surface area (Å²) in [5, 5.41) is 0. The molecular weight excluding hydrogens is 218 g/mol. The predicted octanol–water partition coefficient (Wildman–Crippen LogP) is 4.65. The van der Waals surface area contributed by atoms with Crippen LogP contribution in [0.5, 0.6) is 0 Å². The van der Waals surface area contributed by atoms with Gasteiger partial charge in [0.2, 0.25) is 0 Å². The van der Waals surface area contributed by atoms with Crippen LogP contribution in [0.4, 0.5) is 0 Å². The summed E-state index contributed by atoms with van der Waals surface area (Å²) in [4.78, 5) is 4.51. The maximum Gasteiger partial charge on any atom is 0.0733 e. The van der Waals surface area contributed by atoms with Gasteiger partial charge in [-0.3, -0.25) is 4.98 Å². The van der Waals surface area contributed by atoms with Crippen LogP contribution in [0.1, 0.15) is 30.5 Å². The Balaban J connectivity index is 2.58. The fourth-order valence-electron chi connectivity index (χ4n) is 2.15. The quantitative estimate of drug-likeness (QED) is 0.757. The van der Waals surface area contributed by atoms with Gasteiger partial charge in [-0.15, -0.1) is 0 Å². The molecule has 2 rings (SSSR count). The van der Waals surface area contributed by atoms with E-state index in [1.54, 1.807) is 0 Å². The van der Waals surface area contributed by atoms with E-state index in [0.717, 1.165) is 17.7 Å². The summed E-state index contributed by atoms with van der Waals surface area (Å²) in [6.45, 7) is 10.3. The Labute approximate surface area is 109 Å². The first-order chi connectivity index (χ1) is 8.63. The summed E-state index contributed by atoms with van der Waals surface area (Å²) in [5.41, 5.74) is 7.19. The first kappa shape index (κ1) is 12.6. The Morgan fingerprint density at radius 1 is 1.28 bits per heavy atom. The predicted molar refractivity (Wildman–Crippen MR) is 78.5 cm³/mol. The van der Waals surface area contributed by atoms with Crippen LogP contribution in [0.2, 0.25) is 0 Å². The van der Waals surface area contributed by atoms with E-state index in [1.165, 1.54) is 22.3 Å². The Morgan fingerprint density at radius 3 is 2.67 bits per heavy atom. The summed E-state index contributed by atoms with van der Waals surface area (Å²) in [5.74, 6) is 0. The standard InChI is InChI=1S/C17H19N/c1-5-14-11-15(12(2)3)8-9-16(14)17-13(4)7-6-10-18-17/h6-11H,2,5H2,1,3-4H3. The van der Waals surface area contributed by atoms with Gasteiger partial charge in [0.25, 0.3) is 0 Å². The number of pyridine rings is 1. The maximum atomic E-state index is 4.51. The van der Waals surface area contributed by atoms with Crippen molar-refractivity contribution in [1.82, 2.24) is 4.98 Å². The molecule has 0 bridgehead atoms. The first-order valence-corrected chi connectivity index (χ1v) is 6.34. The molecule has 0 radical (unpaired) electrons. The van der Waals surface area contributed by atoms with Crippen molar-refractivity contribution < 1.29 is 0 Å². The largest absolute Gasteiger partial charge is 0.256 e. The van der Waals surface area contributed by atoms with E-state index in [-0.39, 0.29) is 0 Å². The van der Waals surface area contributed by atoms with Gasteiger partial charge in [0.1, 0.15) is 0 Å². The van der Waals surface area contributed by atoms with Crippen LogP contribution < -0.4 is 0 Å². The van der Waals surface area contributed by atoms with Crippen molar-refractivity contribution in [3.63, 3.8) is 0 Å². The number of rotatable bonds is 3. The van der Waals surface area contributed by atoms with Crippen molar-refractivity contribution in [2.45, 2.75) is 27.2 Å². The van der Waals surface area contributed by atoms with Gasteiger partial charge < -0.3 is 0 Å². The van der Waals surface area contributed by atoms with Crippen molar-refractivity contribution in [1.29, 1.82) is 0 Å². The van der Waals surface area contributed by atoms with E-state index in [0.29, 0.717) is 0 Å². The molecular formula is C17H19N. The van der Waals surface area contributed by atoms with E-state index in [4.69, 9.17) is 0 Å². The third kappa shape index (κ3) is 2.35. The minimum absolute atomic E-state index is 1.01. The monoisotopic (exact) mass is 237 g/mol. The summed E-state index contributed by atoms with van der Waals surface area (Å²) in [6.07, 6.45) is 2.86. The van der Waals surface area contributed by atoms with Gasteiger partial charge in [0.05, 0.1) is 5.69 Å². The molecule has 1 nitrogen and oxygen atoms in total. The minimum atomic E-state index is 1.01. The molecule has 0 spiro atoms. The number of aromatic nitrogens is 1. The van der Waals surface area contributed by atoms with Crippen LogP contribution in [-0.2, 0) is 6.42 Å². The molecule has 0 amide bonds. The van der Waals surface area contributed by atoms with Gasteiger partial charge in [0, 0.05) is 11.8 Å². The third-order valence-electron chi connectivity index (χ3n) is 3.24. The smallest absolute Gasteiger partial charge is 0.0733 e. The van der Waals surface area contributed by atoms with Crippen LogP contribution in [0.15, 0.2) is 43.1 Å². The zero-order valence-electron chi connectivity index (χ0n) is 11.3. The summed E-state index contributed by atoms with van der Waals surface area (Å²) in [6, 6.07) is 10.6. The lowest BCUT2D eigenvalue weighted by Gasteiger charge is -2.12. The maximum absolute atomic E-state index is 4.51. The molecule has 0 aliphatic carbocycles. The van der Waals surface area contributed by atoms with Crippen LogP contribution in [0, 0.1) is 6.92 Å². The van der Waals surface area contributed by atoms with E-state index in [1.807, 2.05) is 19.2 Å². The summed E-state index contributed by atoms with van der Waals surface area (Å²) in [7, 11) is 0.